The van der Waals surface area contributed by atoms with Gasteiger partial charge in [0.25, 0.3) is 0 Å². The van der Waals surface area contributed by atoms with Crippen LogP contribution in [0.4, 0.5) is 42.1 Å². The maximum atomic E-state index is 13.0. The van der Waals surface area contributed by atoms with Crippen LogP contribution in [-0.4, -0.2) is 24.6 Å². The lowest BCUT2D eigenvalue weighted by Crippen LogP contribution is -2.52. The predicted molar refractivity (Wildman–Crippen MR) is 65.5 cm³/mol. The topological polar surface area (TPSA) is 61.3 Å². The van der Waals surface area contributed by atoms with Crippen molar-refractivity contribution in [3.63, 3.8) is 0 Å². The van der Waals surface area contributed by atoms with E-state index in [1.165, 1.54) is 18.2 Å². The number of benzene rings is 1. The van der Waals surface area contributed by atoms with Crippen molar-refractivity contribution < 1.29 is 35.5 Å². The lowest BCUT2D eigenvalue weighted by atomic mass is 10.1. The summed E-state index contributed by atoms with van der Waals surface area (Å²) in [5.41, 5.74) is 11.8. The number of nitrogen functional groups attached to an aromatic ring is 2. The molecule has 0 aliphatic heterocycles. The molecule has 1 rings (SSSR count). The van der Waals surface area contributed by atoms with Gasteiger partial charge in [-0.3, -0.25) is 0 Å². The van der Waals surface area contributed by atoms with E-state index in [1.54, 1.807) is 0 Å². The Morgan fingerprint density at radius 3 is 1.82 bits per heavy atom. The van der Waals surface area contributed by atoms with E-state index in [9.17, 15) is 30.7 Å². The van der Waals surface area contributed by atoms with Crippen molar-refractivity contribution in [1.82, 2.24) is 0 Å². The third-order valence-corrected chi connectivity index (χ3v) is 2.68. The SMILES string of the molecule is Nc1cc(N)cc(COCCC(F)(F)C(F)(F)C(F)(F)F)c1. The number of nitrogens with two attached hydrogens (primary N) is 2. The second kappa shape index (κ2) is 6.19. The monoisotopic (exact) mass is 334 g/mol. The molecule has 0 heterocycles. The molecule has 0 saturated heterocycles. The average molecular weight is 334 g/mol. The number of rotatable bonds is 6. The maximum absolute atomic E-state index is 13.0. The van der Waals surface area contributed by atoms with Crippen molar-refractivity contribution >= 4 is 11.4 Å². The lowest BCUT2D eigenvalue weighted by Gasteiger charge is -2.28. The van der Waals surface area contributed by atoms with Crippen LogP contribution in [0, 0.1) is 0 Å². The van der Waals surface area contributed by atoms with Gasteiger partial charge in [-0.15, -0.1) is 0 Å². The van der Waals surface area contributed by atoms with Crippen molar-refractivity contribution in [2.75, 3.05) is 18.1 Å². The van der Waals surface area contributed by atoms with Crippen molar-refractivity contribution in [1.29, 1.82) is 0 Å². The van der Waals surface area contributed by atoms with Crippen LogP contribution in [0.2, 0.25) is 0 Å². The third kappa shape index (κ3) is 4.15. The minimum atomic E-state index is -6.33. The number of halogens is 7. The molecule has 0 unspecified atom stereocenters. The molecule has 0 aromatic heterocycles. The van der Waals surface area contributed by atoms with Gasteiger partial charge in [-0.2, -0.15) is 30.7 Å². The molecule has 0 fully saturated rings. The molecule has 0 amide bonds. The Morgan fingerprint density at radius 1 is 0.864 bits per heavy atom. The number of hydrogen-bond donors (Lipinski definition) is 2. The molecule has 10 heteroatoms. The van der Waals surface area contributed by atoms with E-state index in [-0.39, 0.29) is 18.0 Å². The molecule has 1 aromatic rings. The van der Waals surface area contributed by atoms with Gasteiger partial charge in [-0.1, -0.05) is 0 Å². The van der Waals surface area contributed by atoms with Gasteiger partial charge in [0.1, 0.15) is 0 Å². The molecule has 0 radical (unpaired) electrons. The van der Waals surface area contributed by atoms with Gasteiger partial charge in [0.15, 0.2) is 0 Å². The summed E-state index contributed by atoms with van der Waals surface area (Å²) in [5, 5.41) is 0. The summed E-state index contributed by atoms with van der Waals surface area (Å²) in [6.07, 6.45) is -8.11. The van der Waals surface area contributed by atoms with Crippen molar-refractivity contribution in [3.05, 3.63) is 23.8 Å². The van der Waals surface area contributed by atoms with Crippen LogP contribution in [0.5, 0.6) is 0 Å². The van der Waals surface area contributed by atoms with Gasteiger partial charge in [-0.05, 0) is 23.8 Å². The van der Waals surface area contributed by atoms with Gasteiger partial charge in [0.05, 0.1) is 13.2 Å². The first-order valence-corrected chi connectivity index (χ1v) is 5.92. The highest BCUT2D eigenvalue weighted by molar-refractivity contribution is 5.54. The van der Waals surface area contributed by atoms with Crippen LogP contribution < -0.4 is 11.5 Å². The number of ether oxygens (including phenoxy) is 1. The number of hydrogen-bond acceptors (Lipinski definition) is 3. The summed E-state index contributed by atoms with van der Waals surface area (Å²) in [5.74, 6) is -11.4. The van der Waals surface area contributed by atoms with Gasteiger partial charge in [0.2, 0.25) is 0 Å². The Morgan fingerprint density at radius 2 is 1.36 bits per heavy atom. The molecule has 0 saturated carbocycles. The smallest absolute Gasteiger partial charge is 0.399 e. The highest BCUT2D eigenvalue weighted by Crippen LogP contribution is 2.47. The first kappa shape index (κ1) is 18.3. The van der Waals surface area contributed by atoms with Crippen molar-refractivity contribution in [2.45, 2.75) is 31.0 Å². The summed E-state index contributed by atoms with van der Waals surface area (Å²) < 4.78 is 91.5. The summed E-state index contributed by atoms with van der Waals surface area (Å²) in [7, 11) is 0. The van der Waals surface area contributed by atoms with Crippen LogP contribution in [-0.2, 0) is 11.3 Å². The summed E-state index contributed by atoms with van der Waals surface area (Å²) in [6.45, 7) is -1.30. The quantitative estimate of drug-likeness (QED) is 0.475. The maximum Gasteiger partial charge on any atom is 0.459 e. The first-order valence-electron chi connectivity index (χ1n) is 5.92. The molecule has 0 aliphatic rings. The Hall–Kier alpha value is -1.71. The van der Waals surface area contributed by atoms with E-state index in [2.05, 4.69) is 4.74 Å². The van der Waals surface area contributed by atoms with Crippen LogP contribution in [0.25, 0.3) is 0 Å². The Bertz CT molecular complexity index is 496. The third-order valence-electron chi connectivity index (χ3n) is 2.68. The molecule has 0 aliphatic carbocycles. The molecule has 4 N–H and O–H groups in total. The van der Waals surface area contributed by atoms with Gasteiger partial charge in [-0.25, -0.2) is 0 Å². The molecule has 0 atom stereocenters. The molecule has 126 valence electrons. The highest BCUT2D eigenvalue weighted by atomic mass is 19.4. The summed E-state index contributed by atoms with van der Waals surface area (Å²) in [6, 6.07) is 4.22. The molecular weight excluding hydrogens is 321 g/mol. The van der Waals surface area contributed by atoms with Gasteiger partial charge < -0.3 is 16.2 Å². The number of alkyl halides is 7. The Kier molecular flexibility index (Phi) is 5.16. The van der Waals surface area contributed by atoms with Crippen LogP contribution >= 0.6 is 0 Å². The minimum absolute atomic E-state index is 0.271. The fraction of sp³-hybridized carbons (Fsp3) is 0.500. The zero-order chi connectivity index (χ0) is 17.2. The van der Waals surface area contributed by atoms with E-state index in [0.29, 0.717) is 5.56 Å². The molecule has 3 nitrogen and oxygen atoms in total. The summed E-state index contributed by atoms with van der Waals surface area (Å²) >= 11 is 0. The average Bonchev–Trinajstić information content (AvgIpc) is 2.32. The number of anilines is 2. The normalized spacial score (nSPS) is 13.4. The van der Waals surface area contributed by atoms with E-state index >= 15 is 0 Å². The highest BCUT2D eigenvalue weighted by Gasteiger charge is 2.72. The van der Waals surface area contributed by atoms with Gasteiger partial charge in [0, 0.05) is 17.8 Å². The van der Waals surface area contributed by atoms with Crippen LogP contribution in [0.15, 0.2) is 18.2 Å². The lowest BCUT2D eigenvalue weighted by molar-refractivity contribution is -0.356. The van der Waals surface area contributed by atoms with Crippen LogP contribution in [0.1, 0.15) is 12.0 Å². The Balaban J connectivity index is 2.56. The largest absolute Gasteiger partial charge is 0.459 e. The molecule has 22 heavy (non-hydrogen) atoms. The second-order valence-corrected chi connectivity index (χ2v) is 4.59. The Labute approximate surface area is 121 Å². The molecular formula is C12H13F7N2O. The van der Waals surface area contributed by atoms with E-state index < -0.39 is 31.0 Å². The zero-order valence-corrected chi connectivity index (χ0v) is 11.1. The molecule has 1 aromatic carbocycles. The van der Waals surface area contributed by atoms with E-state index in [0.717, 1.165) is 0 Å². The van der Waals surface area contributed by atoms with E-state index in [1.807, 2.05) is 0 Å². The first-order chi connectivity index (χ1) is 9.87. The van der Waals surface area contributed by atoms with E-state index in [4.69, 9.17) is 11.5 Å². The zero-order valence-electron chi connectivity index (χ0n) is 11.1. The fourth-order valence-electron chi connectivity index (χ4n) is 1.58. The predicted octanol–water partition coefficient (Wildman–Crippen LogP) is 3.59. The van der Waals surface area contributed by atoms with Crippen LogP contribution in [0.3, 0.4) is 0 Å². The second-order valence-electron chi connectivity index (χ2n) is 4.59. The minimum Gasteiger partial charge on any atom is -0.399 e. The standard InChI is InChI=1S/C12H13F7N2O/c13-10(14,11(15,16)12(17,18)19)1-2-22-6-7-3-8(20)5-9(21)4-7/h3-5H,1-2,6,20-21H2. The molecule has 0 spiro atoms. The van der Waals surface area contributed by atoms with Crippen molar-refractivity contribution in [2.24, 2.45) is 0 Å². The fourth-order valence-corrected chi connectivity index (χ4v) is 1.58. The molecule has 0 bridgehead atoms. The summed E-state index contributed by atoms with van der Waals surface area (Å²) in [4.78, 5) is 0. The van der Waals surface area contributed by atoms with Crippen molar-refractivity contribution in [3.8, 4) is 0 Å². The van der Waals surface area contributed by atoms with Gasteiger partial charge >= 0.3 is 18.0 Å².